The molecule has 0 saturated heterocycles. The summed E-state index contributed by atoms with van der Waals surface area (Å²) in [5.74, 6) is -0.249. The maximum absolute atomic E-state index is 14.0. The lowest BCUT2D eigenvalue weighted by molar-refractivity contribution is 0.631. The number of pyridine rings is 1. The van der Waals surface area contributed by atoms with E-state index in [0.29, 0.717) is 11.3 Å². The highest BCUT2D eigenvalue weighted by atomic mass is 19.1. The van der Waals surface area contributed by atoms with Crippen molar-refractivity contribution in [2.45, 2.75) is 6.92 Å². The van der Waals surface area contributed by atoms with Gasteiger partial charge in [0.2, 0.25) is 0 Å². The fourth-order valence-corrected chi connectivity index (χ4v) is 2.16. The Balaban J connectivity index is 2.10. The summed E-state index contributed by atoms with van der Waals surface area (Å²) in [6.07, 6.45) is 1.75. The predicted molar refractivity (Wildman–Crippen MR) is 79.8 cm³/mol. The Morgan fingerprint density at radius 3 is 2.35 bits per heavy atom. The van der Waals surface area contributed by atoms with Gasteiger partial charge in [0, 0.05) is 11.8 Å². The van der Waals surface area contributed by atoms with Gasteiger partial charge in [0.05, 0.1) is 5.69 Å². The van der Waals surface area contributed by atoms with Crippen LogP contribution in [0.1, 0.15) is 5.56 Å². The van der Waals surface area contributed by atoms with E-state index in [2.05, 4.69) is 4.98 Å². The maximum Gasteiger partial charge on any atom is 0.132 e. The normalized spacial score (nSPS) is 10.5. The highest BCUT2D eigenvalue weighted by Crippen LogP contribution is 2.27. The Bertz CT molecular complexity index is 718. The molecule has 0 radical (unpaired) electrons. The zero-order chi connectivity index (χ0) is 13.9. The lowest BCUT2D eigenvalue weighted by atomic mass is 10.0. The molecule has 1 nitrogen and oxygen atoms in total. The van der Waals surface area contributed by atoms with Crippen molar-refractivity contribution in [3.8, 4) is 22.4 Å². The summed E-state index contributed by atoms with van der Waals surface area (Å²) < 4.78 is 14.0. The highest BCUT2D eigenvalue weighted by Gasteiger charge is 2.08. The fourth-order valence-electron chi connectivity index (χ4n) is 2.16. The molecule has 0 aliphatic heterocycles. The van der Waals surface area contributed by atoms with Crippen LogP contribution in [0.15, 0.2) is 66.9 Å². The Morgan fingerprint density at radius 1 is 0.850 bits per heavy atom. The Kier molecular flexibility index (Phi) is 3.30. The predicted octanol–water partition coefficient (Wildman–Crippen LogP) is 4.86. The molecular weight excluding hydrogens is 249 g/mol. The number of rotatable bonds is 2. The van der Waals surface area contributed by atoms with Crippen molar-refractivity contribution in [1.29, 1.82) is 0 Å². The SMILES string of the molecule is Cc1ccc(-c2cc(-c3ccccc3)ccc2F)nc1. The van der Waals surface area contributed by atoms with Crippen molar-refractivity contribution in [1.82, 2.24) is 4.98 Å². The van der Waals surface area contributed by atoms with Crippen molar-refractivity contribution >= 4 is 0 Å². The van der Waals surface area contributed by atoms with E-state index in [0.717, 1.165) is 16.7 Å². The van der Waals surface area contributed by atoms with Crippen LogP contribution in [-0.4, -0.2) is 4.98 Å². The van der Waals surface area contributed by atoms with E-state index in [1.807, 2.05) is 55.5 Å². The zero-order valence-electron chi connectivity index (χ0n) is 11.2. The van der Waals surface area contributed by atoms with Crippen LogP contribution in [0.4, 0.5) is 4.39 Å². The van der Waals surface area contributed by atoms with Crippen LogP contribution >= 0.6 is 0 Å². The Labute approximate surface area is 117 Å². The lowest BCUT2D eigenvalue weighted by Gasteiger charge is -2.07. The van der Waals surface area contributed by atoms with Gasteiger partial charge in [-0.25, -0.2) is 4.39 Å². The van der Waals surface area contributed by atoms with Crippen LogP contribution in [-0.2, 0) is 0 Å². The topological polar surface area (TPSA) is 12.9 Å². The summed E-state index contributed by atoms with van der Waals surface area (Å²) in [7, 11) is 0. The van der Waals surface area contributed by atoms with Crippen LogP contribution in [0.2, 0.25) is 0 Å². The molecular formula is C18H14FN. The van der Waals surface area contributed by atoms with E-state index in [9.17, 15) is 4.39 Å². The molecule has 0 amide bonds. The molecule has 0 aliphatic carbocycles. The first-order valence-electron chi connectivity index (χ1n) is 6.52. The number of hydrogen-bond acceptors (Lipinski definition) is 1. The van der Waals surface area contributed by atoms with Gasteiger partial charge in [-0.1, -0.05) is 42.5 Å². The molecule has 0 atom stereocenters. The molecule has 1 heterocycles. The van der Waals surface area contributed by atoms with E-state index in [1.54, 1.807) is 12.3 Å². The van der Waals surface area contributed by atoms with Crippen molar-refractivity contribution in [2.75, 3.05) is 0 Å². The lowest BCUT2D eigenvalue weighted by Crippen LogP contribution is -1.89. The molecule has 2 heteroatoms. The molecule has 3 aromatic rings. The monoisotopic (exact) mass is 263 g/mol. The van der Waals surface area contributed by atoms with Gasteiger partial charge in [-0.2, -0.15) is 0 Å². The van der Waals surface area contributed by atoms with Crippen molar-refractivity contribution in [3.05, 3.63) is 78.2 Å². The zero-order valence-corrected chi connectivity index (χ0v) is 11.2. The van der Waals surface area contributed by atoms with Crippen LogP contribution in [0, 0.1) is 12.7 Å². The first-order valence-corrected chi connectivity index (χ1v) is 6.52. The average Bonchev–Trinajstić information content (AvgIpc) is 2.50. The van der Waals surface area contributed by atoms with E-state index in [4.69, 9.17) is 0 Å². The molecule has 3 rings (SSSR count). The minimum absolute atomic E-state index is 0.249. The molecule has 0 aliphatic rings. The standard InChI is InChI=1S/C18H14FN/c1-13-7-10-18(20-12-13)16-11-15(8-9-17(16)19)14-5-3-2-4-6-14/h2-12H,1H3. The summed E-state index contributed by atoms with van der Waals surface area (Å²) >= 11 is 0. The second kappa shape index (κ2) is 5.25. The third-order valence-corrected chi connectivity index (χ3v) is 3.26. The molecule has 0 fully saturated rings. The second-order valence-corrected chi connectivity index (χ2v) is 4.78. The molecule has 2 aromatic carbocycles. The van der Waals surface area contributed by atoms with Crippen LogP contribution in [0.3, 0.4) is 0 Å². The van der Waals surface area contributed by atoms with E-state index in [1.165, 1.54) is 6.07 Å². The molecule has 20 heavy (non-hydrogen) atoms. The van der Waals surface area contributed by atoms with Gasteiger partial charge >= 0.3 is 0 Å². The maximum atomic E-state index is 14.0. The summed E-state index contributed by atoms with van der Waals surface area (Å²) in [6.45, 7) is 1.97. The summed E-state index contributed by atoms with van der Waals surface area (Å²) in [5.41, 5.74) is 4.32. The number of aromatic nitrogens is 1. The van der Waals surface area contributed by atoms with Gasteiger partial charge in [-0.05, 0) is 41.8 Å². The van der Waals surface area contributed by atoms with Crippen molar-refractivity contribution in [2.24, 2.45) is 0 Å². The highest BCUT2D eigenvalue weighted by molar-refractivity contribution is 5.71. The Hall–Kier alpha value is -2.48. The minimum atomic E-state index is -0.249. The number of aryl methyl sites for hydroxylation is 1. The summed E-state index contributed by atoms with van der Waals surface area (Å²) in [4.78, 5) is 4.30. The second-order valence-electron chi connectivity index (χ2n) is 4.78. The molecule has 0 bridgehead atoms. The quantitative estimate of drug-likeness (QED) is 0.643. The van der Waals surface area contributed by atoms with Gasteiger partial charge in [-0.3, -0.25) is 4.98 Å². The summed E-state index contributed by atoms with van der Waals surface area (Å²) in [6, 6.07) is 18.9. The average molecular weight is 263 g/mol. The van der Waals surface area contributed by atoms with Gasteiger partial charge in [-0.15, -0.1) is 0 Å². The summed E-state index contributed by atoms with van der Waals surface area (Å²) in [5, 5.41) is 0. The van der Waals surface area contributed by atoms with E-state index in [-0.39, 0.29) is 5.82 Å². The van der Waals surface area contributed by atoms with Gasteiger partial charge in [0.25, 0.3) is 0 Å². The van der Waals surface area contributed by atoms with Crippen LogP contribution in [0.25, 0.3) is 22.4 Å². The largest absolute Gasteiger partial charge is 0.256 e. The van der Waals surface area contributed by atoms with E-state index >= 15 is 0 Å². The third kappa shape index (κ3) is 2.45. The molecule has 0 unspecified atom stereocenters. The number of halogens is 1. The number of nitrogens with zero attached hydrogens (tertiary/aromatic N) is 1. The van der Waals surface area contributed by atoms with Gasteiger partial charge in [0.15, 0.2) is 0 Å². The molecule has 1 aromatic heterocycles. The minimum Gasteiger partial charge on any atom is -0.256 e. The molecule has 0 N–H and O–H groups in total. The Morgan fingerprint density at radius 2 is 1.65 bits per heavy atom. The van der Waals surface area contributed by atoms with Crippen molar-refractivity contribution < 1.29 is 4.39 Å². The van der Waals surface area contributed by atoms with Crippen LogP contribution in [0.5, 0.6) is 0 Å². The third-order valence-electron chi connectivity index (χ3n) is 3.26. The fraction of sp³-hybridized carbons (Fsp3) is 0.0556. The number of hydrogen-bond donors (Lipinski definition) is 0. The van der Waals surface area contributed by atoms with Crippen LogP contribution < -0.4 is 0 Å². The molecule has 0 saturated carbocycles. The molecule has 98 valence electrons. The van der Waals surface area contributed by atoms with Gasteiger partial charge in [0.1, 0.15) is 5.82 Å². The smallest absolute Gasteiger partial charge is 0.132 e. The first-order chi connectivity index (χ1) is 9.74. The molecule has 0 spiro atoms. The number of benzene rings is 2. The van der Waals surface area contributed by atoms with Gasteiger partial charge < -0.3 is 0 Å². The first kappa shape index (κ1) is 12.5. The van der Waals surface area contributed by atoms with E-state index < -0.39 is 0 Å². The van der Waals surface area contributed by atoms with Crippen molar-refractivity contribution in [3.63, 3.8) is 0 Å².